The van der Waals surface area contributed by atoms with Crippen molar-refractivity contribution in [1.82, 2.24) is 10.0 Å². The Bertz CT molecular complexity index is 569. The Hall–Kier alpha value is -1.44. The minimum absolute atomic E-state index is 0.212. The molecule has 0 radical (unpaired) electrons. The van der Waals surface area contributed by atoms with Gasteiger partial charge in [0.25, 0.3) is 4.87 Å². The molecule has 6 nitrogen and oxygen atoms in total. The van der Waals surface area contributed by atoms with Gasteiger partial charge in [0.05, 0.1) is 0 Å². The molecule has 0 amide bonds. The van der Waals surface area contributed by atoms with Crippen LogP contribution >= 0.6 is 0 Å². The second-order valence-corrected chi connectivity index (χ2v) is 5.73. The van der Waals surface area contributed by atoms with E-state index in [9.17, 15) is 18.3 Å². The maximum atomic E-state index is 12.0. The minimum Gasteiger partial charge on any atom is -0.479 e. The summed E-state index contributed by atoms with van der Waals surface area (Å²) in [6.45, 7) is 0.212. The molecule has 17 heavy (non-hydrogen) atoms. The van der Waals surface area contributed by atoms with Crippen LogP contribution in [-0.2, 0) is 26.2 Å². The lowest BCUT2D eigenvalue weighted by molar-refractivity contribution is -0.141. The topological polar surface area (TPSA) is 95.5 Å². The summed E-state index contributed by atoms with van der Waals surface area (Å²) in [6, 6.07) is 6.58. The van der Waals surface area contributed by atoms with Crippen molar-refractivity contribution in [2.45, 2.75) is 11.4 Å². The van der Waals surface area contributed by atoms with Gasteiger partial charge in [-0.25, -0.2) is 17.9 Å². The van der Waals surface area contributed by atoms with Crippen LogP contribution in [0.5, 0.6) is 0 Å². The van der Waals surface area contributed by atoms with Gasteiger partial charge in [0.2, 0.25) is 10.0 Å². The lowest BCUT2D eigenvalue weighted by Crippen LogP contribution is -2.55. The van der Waals surface area contributed by atoms with Crippen molar-refractivity contribution in [2.24, 2.45) is 0 Å². The van der Waals surface area contributed by atoms with Gasteiger partial charge < -0.3 is 5.11 Å². The summed E-state index contributed by atoms with van der Waals surface area (Å²) in [6.07, 6.45) is 0. The van der Waals surface area contributed by atoms with Crippen LogP contribution in [0.3, 0.4) is 0 Å². The first-order valence-electron chi connectivity index (χ1n) is 4.95. The summed E-state index contributed by atoms with van der Waals surface area (Å²) < 4.78 is 26.0. The number of carbonyl (C=O) groups is 1. The highest BCUT2D eigenvalue weighted by molar-refractivity contribution is 7.91. The Morgan fingerprint density at radius 1 is 1.47 bits per heavy atom. The van der Waals surface area contributed by atoms with E-state index in [1.54, 1.807) is 18.2 Å². The van der Waals surface area contributed by atoms with Gasteiger partial charge in [-0.3, -0.25) is 5.32 Å². The number of hydrogen-bond donors (Lipinski definition) is 3. The van der Waals surface area contributed by atoms with E-state index < -0.39 is 20.9 Å². The molecule has 0 fully saturated rings. The Morgan fingerprint density at radius 3 is 2.71 bits per heavy atom. The van der Waals surface area contributed by atoms with Crippen LogP contribution in [0.1, 0.15) is 11.1 Å². The smallest absolute Gasteiger partial charge is 0.346 e. The molecule has 1 heterocycles. The third-order valence-corrected chi connectivity index (χ3v) is 4.78. The van der Waals surface area contributed by atoms with Crippen LogP contribution in [-0.4, -0.2) is 26.5 Å². The second-order valence-electron chi connectivity index (χ2n) is 3.70. The summed E-state index contributed by atoms with van der Waals surface area (Å²) in [7, 11) is -2.84. The van der Waals surface area contributed by atoms with Crippen LogP contribution in [0, 0.1) is 0 Å². The molecule has 1 unspecified atom stereocenters. The summed E-state index contributed by atoms with van der Waals surface area (Å²) in [5.74, 6) is -1.43. The summed E-state index contributed by atoms with van der Waals surface area (Å²) >= 11 is 0. The van der Waals surface area contributed by atoms with Gasteiger partial charge in [-0.05, 0) is 12.6 Å². The van der Waals surface area contributed by atoms with Gasteiger partial charge in [0.15, 0.2) is 0 Å². The number of aliphatic carboxylic acids is 1. The predicted octanol–water partition coefficient (Wildman–Crippen LogP) is -0.424. The van der Waals surface area contributed by atoms with Crippen LogP contribution in [0.4, 0.5) is 0 Å². The van der Waals surface area contributed by atoms with Gasteiger partial charge >= 0.3 is 5.97 Å². The Kier molecular flexibility index (Phi) is 2.69. The summed E-state index contributed by atoms with van der Waals surface area (Å²) in [5.41, 5.74) is 0.940. The predicted molar refractivity (Wildman–Crippen MR) is 60.6 cm³/mol. The summed E-state index contributed by atoms with van der Waals surface area (Å²) in [5, 5.41) is 11.9. The highest BCUT2D eigenvalue weighted by Crippen LogP contribution is 2.35. The lowest BCUT2D eigenvalue weighted by Gasteiger charge is -2.25. The van der Waals surface area contributed by atoms with E-state index in [-0.39, 0.29) is 12.1 Å². The molecule has 0 aromatic heterocycles. The van der Waals surface area contributed by atoms with E-state index in [1.807, 2.05) is 0 Å². The molecule has 0 saturated heterocycles. The Morgan fingerprint density at radius 2 is 2.12 bits per heavy atom. The fraction of sp³-hybridized carbons (Fsp3) is 0.300. The average Bonchev–Trinajstić information content (AvgIpc) is 2.70. The van der Waals surface area contributed by atoms with Gasteiger partial charge in [-0.1, -0.05) is 24.3 Å². The zero-order chi connectivity index (χ0) is 12.7. The molecular weight excluding hydrogens is 244 g/mol. The third-order valence-electron chi connectivity index (χ3n) is 2.90. The summed E-state index contributed by atoms with van der Waals surface area (Å²) in [4.78, 5) is 9.31. The second kappa shape index (κ2) is 3.80. The number of rotatable bonds is 3. The third kappa shape index (κ3) is 1.47. The van der Waals surface area contributed by atoms with Crippen molar-refractivity contribution in [2.75, 3.05) is 7.05 Å². The maximum Gasteiger partial charge on any atom is 0.346 e. The molecule has 1 atom stereocenters. The van der Waals surface area contributed by atoms with Crippen molar-refractivity contribution in [1.29, 1.82) is 0 Å². The van der Waals surface area contributed by atoms with E-state index in [1.165, 1.54) is 13.1 Å². The molecule has 0 saturated carbocycles. The Balaban J connectivity index is 2.74. The maximum absolute atomic E-state index is 12.0. The number of sulfonamides is 1. The number of fused-ring (bicyclic) bond motifs is 1. The fourth-order valence-corrected chi connectivity index (χ4v) is 3.32. The molecule has 0 aliphatic carbocycles. The van der Waals surface area contributed by atoms with E-state index in [0.29, 0.717) is 5.56 Å². The number of carboxylic acid groups (broad SMARTS) is 1. The van der Waals surface area contributed by atoms with Crippen LogP contribution in [0.15, 0.2) is 24.3 Å². The van der Waals surface area contributed by atoms with Crippen LogP contribution < -0.4 is 10.0 Å². The fourth-order valence-electron chi connectivity index (χ4n) is 2.03. The Labute approximate surface area is 98.7 Å². The van der Waals surface area contributed by atoms with Gasteiger partial charge in [0, 0.05) is 12.1 Å². The molecule has 1 aliphatic rings. The number of benzene rings is 1. The quantitative estimate of drug-likeness (QED) is 0.682. The monoisotopic (exact) mass is 256 g/mol. The molecule has 2 rings (SSSR count). The average molecular weight is 256 g/mol. The van der Waals surface area contributed by atoms with Gasteiger partial charge in [0.1, 0.15) is 0 Å². The van der Waals surface area contributed by atoms with E-state index in [2.05, 4.69) is 10.0 Å². The number of carboxylic acids is 1. The standard InChI is InChI=1S/C10H12N2O4S/c1-11-17(15,16)10(9(13)14)8-5-3-2-4-7(8)6-12-10/h2-5,11-12H,6H2,1H3,(H,13,14). The molecule has 1 aliphatic heterocycles. The normalized spacial score (nSPS) is 23.4. The van der Waals surface area contributed by atoms with Crippen molar-refractivity contribution >= 4 is 16.0 Å². The molecule has 7 heteroatoms. The van der Waals surface area contributed by atoms with Crippen molar-refractivity contribution in [3.05, 3.63) is 35.4 Å². The lowest BCUT2D eigenvalue weighted by atomic mass is 10.1. The first-order valence-corrected chi connectivity index (χ1v) is 6.44. The van der Waals surface area contributed by atoms with Crippen LogP contribution in [0.25, 0.3) is 0 Å². The van der Waals surface area contributed by atoms with Gasteiger partial charge in [-0.15, -0.1) is 0 Å². The molecule has 3 N–H and O–H groups in total. The molecule has 92 valence electrons. The van der Waals surface area contributed by atoms with Gasteiger partial charge in [-0.2, -0.15) is 0 Å². The van der Waals surface area contributed by atoms with E-state index in [0.717, 1.165) is 0 Å². The first kappa shape index (κ1) is 12.0. The SMILES string of the molecule is CNS(=O)(=O)C1(C(=O)O)NCc2ccccc21. The zero-order valence-electron chi connectivity index (χ0n) is 9.10. The molecule has 0 bridgehead atoms. The highest BCUT2D eigenvalue weighted by atomic mass is 32.2. The number of nitrogens with one attached hydrogen (secondary N) is 2. The minimum atomic E-state index is -4.03. The molecule has 0 spiro atoms. The van der Waals surface area contributed by atoms with Crippen molar-refractivity contribution in [3.63, 3.8) is 0 Å². The zero-order valence-corrected chi connectivity index (χ0v) is 9.91. The van der Waals surface area contributed by atoms with Crippen LogP contribution in [0.2, 0.25) is 0 Å². The largest absolute Gasteiger partial charge is 0.479 e. The molecule has 1 aromatic rings. The highest BCUT2D eigenvalue weighted by Gasteiger charge is 2.55. The molecular formula is C10H12N2O4S. The number of hydrogen-bond acceptors (Lipinski definition) is 4. The van der Waals surface area contributed by atoms with Crippen molar-refractivity contribution < 1.29 is 18.3 Å². The van der Waals surface area contributed by atoms with E-state index in [4.69, 9.17) is 0 Å². The van der Waals surface area contributed by atoms with E-state index >= 15 is 0 Å². The van der Waals surface area contributed by atoms with Crippen molar-refractivity contribution in [3.8, 4) is 0 Å². The first-order chi connectivity index (χ1) is 7.95. The molecule has 1 aromatic carbocycles.